The predicted octanol–water partition coefficient (Wildman–Crippen LogP) is 3.03. The third kappa shape index (κ3) is 3.06. The quantitative estimate of drug-likeness (QED) is 0.847. The van der Waals surface area contributed by atoms with Crippen molar-refractivity contribution in [2.24, 2.45) is 0 Å². The van der Waals surface area contributed by atoms with Crippen LogP contribution < -0.4 is 10.6 Å². The lowest BCUT2D eigenvalue weighted by atomic mass is 10.1. The van der Waals surface area contributed by atoms with Crippen LogP contribution >= 0.6 is 0 Å². The molecule has 0 saturated carbocycles. The van der Waals surface area contributed by atoms with E-state index in [1.807, 2.05) is 6.07 Å². The van der Waals surface area contributed by atoms with Crippen molar-refractivity contribution in [2.75, 3.05) is 17.7 Å². The molecule has 6 heteroatoms. The van der Waals surface area contributed by atoms with Gasteiger partial charge in [0, 0.05) is 24.5 Å². The number of anilines is 2. The Morgan fingerprint density at radius 1 is 1.44 bits per heavy atom. The van der Waals surface area contributed by atoms with Gasteiger partial charge >= 0.3 is 6.18 Å². The number of rotatable bonds is 3. The second-order valence-corrected chi connectivity index (χ2v) is 4.10. The minimum absolute atomic E-state index is 0.0273. The highest BCUT2D eigenvalue weighted by molar-refractivity contribution is 5.61. The highest BCUT2D eigenvalue weighted by atomic mass is 19.4. The summed E-state index contributed by atoms with van der Waals surface area (Å²) in [5.41, 5.74) is 4.70. The Morgan fingerprint density at radius 3 is 2.56 bits per heavy atom. The standard InChI is InChI=1S/C12H14F3N3/c1-8(5-6-16)18(2)11-4-3-9(17)7-10(11)12(13,14)15/h3-4,7-8H,5,17H2,1-2H3. The summed E-state index contributed by atoms with van der Waals surface area (Å²) in [5, 5.41) is 8.59. The van der Waals surface area contributed by atoms with Gasteiger partial charge in [-0.05, 0) is 25.1 Å². The van der Waals surface area contributed by atoms with Gasteiger partial charge in [-0.2, -0.15) is 18.4 Å². The van der Waals surface area contributed by atoms with Crippen LogP contribution in [0.25, 0.3) is 0 Å². The summed E-state index contributed by atoms with van der Waals surface area (Å²) in [6.07, 6.45) is -4.32. The summed E-state index contributed by atoms with van der Waals surface area (Å²) in [6, 6.07) is 5.28. The van der Waals surface area contributed by atoms with E-state index >= 15 is 0 Å². The third-order valence-electron chi connectivity index (χ3n) is 2.75. The monoisotopic (exact) mass is 257 g/mol. The number of halogens is 3. The van der Waals surface area contributed by atoms with Crippen molar-refractivity contribution in [1.82, 2.24) is 0 Å². The van der Waals surface area contributed by atoms with Gasteiger partial charge in [0.2, 0.25) is 0 Å². The Bertz CT molecular complexity index is 463. The van der Waals surface area contributed by atoms with Gasteiger partial charge in [0.05, 0.1) is 18.1 Å². The van der Waals surface area contributed by atoms with Crippen molar-refractivity contribution < 1.29 is 13.2 Å². The van der Waals surface area contributed by atoms with E-state index in [2.05, 4.69) is 0 Å². The first-order valence-electron chi connectivity index (χ1n) is 5.34. The van der Waals surface area contributed by atoms with Crippen molar-refractivity contribution in [3.8, 4) is 6.07 Å². The summed E-state index contributed by atoms with van der Waals surface area (Å²) < 4.78 is 38.7. The van der Waals surface area contributed by atoms with Gasteiger partial charge in [-0.3, -0.25) is 0 Å². The second-order valence-electron chi connectivity index (χ2n) is 4.10. The van der Waals surface area contributed by atoms with E-state index in [0.29, 0.717) is 0 Å². The first-order valence-corrected chi connectivity index (χ1v) is 5.34. The summed E-state index contributed by atoms with van der Waals surface area (Å²) in [4.78, 5) is 1.44. The van der Waals surface area contributed by atoms with Gasteiger partial charge in [-0.25, -0.2) is 0 Å². The lowest BCUT2D eigenvalue weighted by Gasteiger charge is -2.28. The van der Waals surface area contributed by atoms with Crippen LogP contribution in [-0.4, -0.2) is 13.1 Å². The molecule has 1 unspecified atom stereocenters. The number of nitrogen functional groups attached to an aromatic ring is 1. The SMILES string of the molecule is CC(CC#N)N(C)c1ccc(N)cc1C(F)(F)F. The van der Waals surface area contributed by atoms with Crippen LogP contribution in [0.2, 0.25) is 0 Å². The number of hydrogen-bond acceptors (Lipinski definition) is 3. The molecule has 0 fully saturated rings. The first-order chi connectivity index (χ1) is 8.27. The van der Waals surface area contributed by atoms with Crippen molar-refractivity contribution >= 4 is 11.4 Å². The molecule has 1 aromatic rings. The van der Waals surface area contributed by atoms with Crippen molar-refractivity contribution in [2.45, 2.75) is 25.6 Å². The van der Waals surface area contributed by atoms with Gasteiger partial charge in [0.1, 0.15) is 0 Å². The molecular weight excluding hydrogens is 243 g/mol. The van der Waals surface area contributed by atoms with E-state index in [4.69, 9.17) is 11.0 Å². The van der Waals surface area contributed by atoms with Crippen molar-refractivity contribution in [3.63, 3.8) is 0 Å². The molecule has 0 saturated heterocycles. The molecule has 18 heavy (non-hydrogen) atoms. The smallest absolute Gasteiger partial charge is 0.399 e. The normalized spacial score (nSPS) is 12.9. The van der Waals surface area contributed by atoms with Crippen LogP contribution in [0, 0.1) is 11.3 Å². The highest BCUT2D eigenvalue weighted by Crippen LogP contribution is 2.38. The van der Waals surface area contributed by atoms with Crippen LogP contribution in [0.3, 0.4) is 0 Å². The molecule has 3 nitrogen and oxygen atoms in total. The van der Waals surface area contributed by atoms with Crippen LogP contribution in [0.1, 0.15) is 18.9 Å². The molecule has 1 aromatic carbocycles. The Labute approximate surface area is 104 Å². The maximum absolute atomic E-state index is 12.9. The van der Waals surface area contributed by atoms with Gasteiger partial charge in [0.25, 0.3) is 0 Å². The molecule has 0 amide bonds. The van der Waals surface area contributed by atoms with Gasteiger partial charge in [-0.1, -0.05) is 0 Å². The Balaban J connectivity index is 3.20. The van der Waals surface area contributed by atoms with Crippen LogP contribution in [0.4, 0.5) is 24.5 Å². The average molecular weight is 257 g/mol. The van der Waals surface area contributed by atoms with E-state index in [-0.39, 0.29) is 23.8 Å². The molecule has 0 aliphatic heterocycles. The highest BCUT2D eigenvalue weighted by Gasteiger charge is 2.35. The van der Waals surface area contributed by atoms with E-state index in [1.54, 1.807) is 6.92 Å². The minimum atomic E-state index is -4.47. The molecule has 0 bridgehead atoms. The van der Waals surface area contributed by atoms with Crippen LogP contribution in [0.15, 0.2) is 18.2 Å². The zero-order valence-electron chi connectivity index (χ0n) is 10.1. The molecule has 1 rings (SSSR count). The van der Waals surface area contributed by atoms with Crippen molar-refractivity contribution in [3.05, 3.63) is 23.8 Å². The number of benzene rings is 1. The fourth-order valence-corrected chi connectivity index (χ4v) is 1.59. The van der Waals surface area contributed by atoms with Gasteiger partial charge < -0.3 is 10.6 Å². The molecule has 98 valence electrons. The number of nitrogens with zero attached hydrogens (tertiary/aromatic N) is 2. The van der Waals surface area contributed by atoms with Crippen LogP contribution in [-0.2, 0) is 6.18 Å². The number of hydrogen-bond donors (Lipinski definition) is 1. The predicted molar refractivity (Wildman–Crippen MR) is 64.0 cm³/mol. The Kier molecular flexibility index (Phi) is 4.07. The largest absolute Gasteiger partial charge is 0.418 e. The fourth-order valence-electron chi connectivity index (χ4n) is 1.59. The first kappa shape index (κ1) is 14.2. The summed E-state index contributed by atoms with van der Waals surface area (Å²) >= 11 is 0. The number of nitrogens with two attached hydrogens (primary N) is 1. The number of nitriles is 1. The zero-order chi connectivity index (χ0) is 13.9. The van der Waals surface area contributed by atoms with E-state index in [9.17, 15) is 13.2 Å². The van der Waals surface area contributed by atoms with Crippen molar-refractivity contribution in [1.29, 1.82) is 5.26 Å². The third-order valence-corrected chi connectivity index (χ3v) is 2.75. The zero-order valence-corrected chi connectivity index (χ0v) is 10.1. The summed E-state index contributed by atoms with van der Waals surface area (Å²) in [7, 11) is 1.53. The Morgan fingerprint density at radius 2 is 2.06 bits per heavy atom. The fraction of sp³-hybridized carbons (Fsp3) is 0.417. The van der Waals surface area contributed by atoms with E-state index in [0.717, 1.165) is 6.07 Å². The van der Waals surface area contributed by atoms with Crippen LogP contribution in [0.5, 0.6) is 0 Å². The summed E-state index contributed by atoms with van der Waals surface area (Å²) in [6.45, 7) is 1.69. The molecule has 0 spiro atoms. The molecule has 2 N–H and O–H groups in total. The molecule has 0 aliphatic carbocycles. The molecule has 0 aromatic heterocycles. The number of alkyl halides is 3. The molecule has 0 radical (unpaired) electrons. The molecule has 0 heterocycles. The Hall–Kier alpha value is -1.90. The molecule has 1 atom stereocenters. The van der Waals surface area contributed by atoms with Gasteiger partial charge in [0.15, 0.2) is 0 Å². The lowest BCUT2D eigenvalue weighted by Crippen LogP contribution is -2.30. The lowest BCUT2D eigenvalue weighted by molar-refractivity contribution is -0.137. The second kappa shape index (κ2) is 5.17. The van der Waals surface area contributed by atoms with E-state index in [1.165, 1.54) is 24.1 Å². The maximum Gasteiger partial charge on any atom is 0.418 e. The topological polar surface area (TPSA) is 53.0 Å². The molecular formula is C12H14F3N3. The molecule has 0 aliphatic rings. The average Bonchev–Trinajstić information content (AvgIpc) is 2.27. The summed E-state index contributed by atoms with van der Waals surface area (Å²) in [5.74, 6) is 0. The van der Waals surface area contributed by atoms with E-state index < -0.39 is 11.7 Å². The minimum Gasteiger partial charge on any atom is -0.399 e. The van der Waals surface area contributed by atoms with Gasteiger partial charge in [-0.15, -0.1) is 0 Å². The maximum atomic E-state index is 12.9.